The predicted molar refractivity (Wildman–Crippen MR) is 279 cm³/mol. The summed E-state index contributed by atoms with van der Waals surface area (Å²) in [5.41, 5.74) is 3.93. The van der Waals surface area contributed by atoms with Crippen LogP contribution in [0.2, 0.25) is 0 Å². The molecule has 75 heavy (non-hydrogen) atoms. The molecule has 0 radical (unpaired) electrons. The Balaban J connectivity index is 1.09. The Morgan fingerprint density at radius 1 is 0.347 bits per heavy atom. The van der Waals surface area contributed by atoms with Crippen LogP contribution >= 0.6 is 0 Å². The lowest BCUT2D eigenvalue weighted by Crippen LogP contribution is -2.09. The van der Waals surface area contributed by atoms with Gasteiger partial charge >= 0.3 is 0 Å². The molecule has 0 saturated heterocycles. The fourth-order valence-corrected chi connectivity index (χ4v) is 9.92. The van der Waals surface area contributed by atoms with Crippen LogP contribution in [0.4, 0.5) is 22.0 Å². The van der Waals surface area contributed by atoms with E-state index in [1.807, 2.05) is 152 Å². The summed E-state index contributed by atoms with van der Waals surface area (Å²) >= 11 is 0. The number of fused-ring (bicyclic) bond motifs is 6. The summed E-state index contributed by atoms with van der Waals surface area (Å²) in [7, 11) is 0. The second-order valence-corrected chi connectivity index (χ2v) is 17.6. The Kier molecular flexibility index (Phi) is 10.6. The molecule has 0 aliphatic heterocycles. The minimum Gasteiger partial charge on any atom is -0.309 e. The van der Waals surface area contributed by atoms with Gasteiger partial charge in [-0.1, -0.05) is 152 Å². The van der Waals surface area contributed by atoms with Gasteiger partial charge in [-0.2, -0.15) is 5.26 Å². The van der Waals surface area contributed by atoms with E-state index in [4.69, 9.17) is 19.9 Å². The number of aromatic nitrogens is 8. The summed E-state index contributed by atoms with van der Waals surface area (Å²) in [5, 5.41) is 14.1. The lowest BCUT2D eigenvalue weighted by Gasteiger charge is -2.20. The van der Waals surface area contributed by atoms with Gasteiger partial charge in [-0.05, 0) is 36.4 Å². The van der Waals surface area contributed by atoms with Crippen molar-refractivity contribution < 1.29 is 22.0 Å². The molecule has 0 unspecified atom stereocenters. The van der Waals surface area contributed by atoms with Gasteiger partial charge in [0.1, 0.15) is 12.4 Å². The normalized spacial score (nSPS) is 11.5. The van der Waals surface area contributed by atoms with E-state index in [1.165, 1.54) is 18.5 Å². The molecule has 13 aromatic rings. The Morgan fingerprint density at radius 2 is 0.733 bits per heavy atom. The molecule has 0 spiro atoms. The molecule has 4 heterocycles. The number of rotatable bonds is 8. The van der Waals surface area contributed by atoms with Crippen molar-refractivity contribution in [2.24, 2.45) is 0 Å². The standard InChI is InChI=1S/C61H32F5N9/c62-52-51(53(63)55(65)56(66)54(52)64)44-31-47(39(32-67)30-50(44)75-46-23-13-11-21-41(46)43-26-24-37(28-49(43)75)58-69-33-68-57(70-58)34-14-4-1-5-15-34)74-45-22-12-10-20-40(45)42-27-25-38(29-48(42)74)61-72-59(35-16-6-2-7-17-35)71-60(73-61)36-18-8-3-9-19-36/h1-31,33H. The Bertz CT molecular complexity index is 4410. The van der Waals surface area contributed by atoms with Crippen molar-refractivity contribution in [3.8, 4) is 85.5 Å². The quantitative estimate of drug-likeness (QED) is 0.0847. The van der Waals surface area contributed by atoms with Crippen LogP contribution < -0.4 is 0 Å². The summed E-state index contributed by atoms with van der Waals surface area (Å²) in [6.45, 7) is 0. The molecule has 0 aliphatic carbocycles. The highest BCUT2D eigenvalue weighted by molar-refractivity contribution is 6.12. The highest BCUT2D eigenvalue weighted by Gasteiger charge is 2.31. The molecule has 0 fully saturated rings. The van der Waals surface area contributed by atoms with Gasteiger partial charge in [0.15, 0.2) is 52.4 Å². The summed E-state index contributed by atoms with van der Waals surface area (Å²) in [6.07, 6.45) is 1.40. The van der Waals surface area contributed by atoms with E-state index < -0.39 is 40.2 Å². The monoisotopic (exact) mass is 985 g/mol. The fraction of sp³-hybridized carbons (Fsp3) is 0. The number of para-hydroxylation sites is 2. The molecule has 14 heteroatoms. The van der Waals surface area contributed by atoms with E-state index in [-0.39, 0.29) is 16.9 Å². The smallest absolute Gasteiger partial charge is 0.200 e. The number of nitrogens with zero attached hydrogens (tertiary/aromatic N) is 9. The third kappa shape index (κ3) is 7.36. The second-order valence-electron chi connectivity index (χ2n) is 17.6. The van der Waals surface area contributed by atoms with E-state index in [1.54, 1.807) is 33.4 Å². The number of hydrogen-bond donors (Lipinski definition) is 0. The minimum absolute atomic E-state index is 0.00984. The van der Waals surface area contributed by atoms with Crippen molar-refractivity contribution in [1.29, 1.82) is 5.26 Å². The van der Waals surface area contributed by atoms with E-state index in [0.717, 1.165) is 27.5 Å². The Labute approximate surface area is 422 Å². The zero-order valence-electron chi connectivity index (χ0n) is 38.9. The zero-order chi connectivity index (χ0) is 50.9. The number of hydrogen-bond acceptors (Lipinski definition) is 7. The van der Waals surface area contributed by atoms with Gasteiger partial charge in [0.05, 0.1) is 44.6 Å². The predicted octanol–water partition coefficient (Wildman–Crippen LogP) is 14.8. The molecule has 0 saturated carbocycles. The van der Waals surface area contributed by atoms with Crippen LogP contribution in [0.3, 0.4) is 0 Å². The first-order valence-electron chi connectivity index (χ1n) is 23.5. The molecule has 0 aliphatic rings. The summed E-state index contributed by atoms with van der Waals surface area (Å²) in [5.74, 6) is -8.74. The van der Waals surface area contributed by atoms with Crippen LogP contribution in [0.25, 0.3) is 123 Å². The molecule has 356 valence electrons. The van der Waals surface area contributed by atoms with Crippen LogP contribution in [-0.2, 0) is 0 Å². The van der Waals surface area contributed by atoms with E-state index in [2.05, 4.69) is 16.0 Å². The van der Waals surface area contributed by atoms with Crippen molar-refractivity contribution in [2.75, 3.05) is 0 Å². The maximum atomic E-state index is 16.7. The first-order valence-corrected chi connectivity index (χ1v) is 23.5. The molecule has 0 bridgehead atoms. The van der Waals surface area contributed by atoms with Gasteiger partial charge in [-0.3, -0.25) is 0 Å². The molecule has 0 amide bonds. The molecule has 0 N–H and O–H groups in total. The first kappa shape index (κ1) is 44.7. The maximum Gasteiger partial charge on any atom is 0.200 e. The van der Waals surface area contributed by atoms with Gasteiger partial charge in [0.2, 0.25) is 5.82 Å². The Morgan fingerprint density at radius 3 is 1.24 bits per heavy atom. The SMILES string of the molecule is N#Cc1cc(-n2c3ccccc3c3ccc(-c4ncnc(-c5ccccc5)n4)cc32)c(-c2c(F)c(F)c(F)c(F)c2F)cc1-n1c2ccccc2c2ccc(-c3nc(-c4ccccc4)nc(-c4ccccc4)n3)cc21. The van der Waals surface area contributed by atoms with Crippen LogP contribution in [-0.4, -0.2) is 39.0 Å². The van der Waals surface area contributed by atoms with Crippen molar-refractivity contribution in [1.82, 2.24) is 39.0 Å². The van der Waals surface area contributed by atoms with Crippen molar-refractivity contribution >= 4 is 43.6 Å². The third-order valence-corrected chi connectivity index (χ3v) is 13.4. The molecule has 9 nitrogen and oxygen atoms in total. The van der Waals surface area contributed by atoms with Gasteiger partial charge in [-0.25, -0.2) is 51.9 Å². The number of nitriles is 1. The molecule has 0 atom stereocenters. The van der Waals surface area contributed by atoms with Crippen LogP contribution in [0.15, 0.2) is 194 Å². The molecular formula is C61H32F5N9. The first-order chi connectivity index (χ1) is 36.7. The number of benzene rings is 9. The third-order valence-electron chi connectivity index (χ3n) is 13.4. The molecule has 9 aromatic carbocycles. The van der Waals surface area contributed by atoms with Gasteiger partial charge in [0, 0.05) is 54.9 Å². The fourth-order valence-electron chi connectivity index (χ4n) is 9.92. The average molecular weight is 986 g/mol. The maximum absolute atomic E-state index is 16.7. The average Bonchev–Trinajstić information content (AvgIpc) is 4.06. The van der Waals surface area contributed by atoms with Crippen molar-refractivity contribution in [2.45, 2.75) is 0 Å². The van der Waals surface area contributed by atoms with Gasteiger partial charge in [0.25, 0.3) is 0 Å². The minimum atomic E-state index is -2.31. The topological polar surface area (TPSA) is 111 Å². The van der Waals surface area contributed by atoms with Crippen LogP contribution in [0, 0.1) is 40.4 Å². The summed E-state index contributed by atoms with van der Waals surface area (Å²) in [4.78, 5) is 28.4. The van der Waals surface area contributed by atoms with Crippen molar-refractivity contribution in [3.63, 3.8) is 0 Å². The van der Waals surface area contributed by atoms with Crippen molar-refractivity contribution in [3.05, 3.63) is 229 Å². The zero-order valence-corrected chi connectivity index (χ0v) is 38.9. The summed E-state index contributed by atoms with van der Waals surface area (Å²) < 4.78 is 83.0. The number of halogens is 5. The van der Waals surface area contributed by atoms with E-state index in [9.17, 15) is 9.65 Å². The highest BCUT2D eigenvalue weighted by Crippen LogP contribution is 2.44. The summed E-state index contributed by atoms with van der Waals surface area (Å²) in [6, 6.07) is 59.1. The highest BCUT2D eigenvalue weighted by atomic mass is 19.2. The van der Waals surface area contributed by atoms with Gasteiger partial charge < -0.3 is 9.13 Å². The largest absolute Gasteiger partial charge is 0.309 e. The van der Waals surface area contributed by atoms with Crippen LogP contribution in [0.5, 0.6) is 0 Å². The molecule has 4 aromatic heterocycles. The Hall–Kier alpha value is -10.3. The lowest BCUT2D eigenvalue weighted by molar-refractivity contribution is 0.381. The van der Waals surface area contributed by atoms with E-state index in [0.29, 0.717) is 73.1 Å². The van der Waals surface area contributed by atoms with E-state index >= 15 is 17.6 Å². The molecular weight excluding hydrogens is 954 g/mol. The molecule has 13 rings (SSSR count). The lowest BCUT2D eigenvalue weighted by atomic mass is 9.97. The van der Waals surface area contributed by atoms with Crippen LogP contribution in [0.1, 0.15) is 5.56 Å². The van der Waals surface area contributed by atoms with Gasteiger partial charge in [-0.15, -0.1) is 0 Å². The second kappa shape index (κ2) is 17.8.